The third kappa shape index (κ3) is 4.30. The van der Waals surface area contributed by atoms with Crippen molar-refractivity contribution in [1.82, 2.24) is 4.90 Å². The Bertz CT molecular complexity index is 243. The van der Waals surface area contributed by atoms with Crippen LogP contribution in [0.4, 0.5) is 0 Å². The number of nitrogens with zero attached hydrogens (tertiary/aromatic N) is 1. The second kappa shape index (κ2) is 6.39. The number of amides is 1. The Balaban J connectivity index is 2.40. The molecule has 1 aliphatic heterocycles. The van der Waals surface area contributed by atoms with Gasteiger partial charge in [-0.05, 0) is 45.4 Å². The number of ether oxygens (including phenoxy) is 1. The van der Waals surface area contributed by atoms with Gasteiger partial charge in [0.2, 0.25) is 0 Å². The van der Waals surface area contributed by atoms with Crippen LogP contribution < -0.4 is 0 Å². The second-order valence-corrected chi connectivity index (χ2v) is 5.73. The fourth-order valence-electron chi connectivity index (χ4n) is 2.51. The van der Waals surface area contributed by atoms with E-state index in [1.807, 2.05) is 25.7 Å². The first-order valence-corrected chi connectivity index (χ1v) is 6.86. The molecule has 0 spiro atoms. The van der Waals surface area contributed by atoms with Gasteiger partial charge in [0.1, 0.15) is 6.10 Å². The molecule has 1 atom stereocenters. The van der Waals surface area contributed by atoms with Crippen LogP contribution in [0.2, 0.25) is 0 Å². The van der Waals surface area contributed by atoms with Crippen molar-refractivity contribution < 1.29 is 9.53 Å². The second-order valence-electron chi connectivity index (χ2n) is 5.73. The quantitative estimate of drug-likeness (QED) is 0.757. The van der Waals surface area contributed by atoms with Crippen LogP contribution in [0.15, 0.2) is 0 Å². The summed E-state index contributed by atoms with van der Waals surface area (Å²) in [5, 5.41) is 0. The molecule has 1 amide bonds. The minimum Gasteiger partial charge on any atom is -0.366 e. The van der Waals surface area contributed by atoms with E-state index in [-0.39, 0.29) is 18.1 Å². The van der Waals surface area contributed by atoms with Crippen molar-refractivity contribution in [3.8, 4) is 0 Å². The Morgan fingerprint density at radius 2 is 1.65 bits per heavy atom. The van der Waals surface area contributed by atoms with Crippen molar-refractivity contribution in [3.05, 3.63) is 0 Å². The van der Waals surface area contributed by atoms with E-state index >= 15 is 0 Å². The smallest absolute Gasteiger partial charge is 0.251 e. The molecule has 17 heavy (non-hydrogen) atoms. The summed E-state index contributed by atoms with van der Waals surface area (Å²) in [4.78, 5) is 14.1. The molecule has 0 aliphatic carbocycles. The van der Waals surface area contributed by atoms with Gasteiger partial charge in [-0.3, -0.25) is 4.79 Å². The first kappa shape index (κ1) is 14.5. The van der Waals surface area contributed by atoms with Crippen molar-refractivity contribution in [3.63, 3.8) is 0 Å². The third-order valence-electron chi connectivity index (χ3n) is 3.62. The summed E-state index contributed by atoms with van der Waals surface area (Å²) in [5.41, 5.74) is 0. The summed E-state index contributed by atoms with van der Waals surface area (Å²) >= 11 is 0. The molecule has 1 saturated heterocycles. The van der Waals surface area contributed by atoms with Crippen LogP contribution in [-0.4, -0.2) is 36.1 Å². The standard InChI is InChI=1S/C14H27NO2/c1-10(2)13-6-8-15(9-7-13)14(16)12(5)17-11(3)4/h10-13H,6-9H2,1-5H3. The molecule has 1 heterocycles. The predicted octanol–water partition coefficient (Wildman–Crippen LogP) is 2.69. The van der Waals surface area contributed by atoms with Crippen LogP contribution in [0, 0.1) is 11.8 Å². The largest absolute Gasteiger partial charge is 0.366 e. The van der Waals surface area contributed by atoms with Gasteiger partial charge in [0.25, 0.3) is 5.91 Å². The summed E-state index contributed by atoms with van der Waals surface area (Å²) in [6.45, 7) is 12.1. The molecule has 100 valence electrons. The van der Waals surface area contributed by atoms with E-state index in [1.54, 1.807) is 0 Å². The zero-order valence-corrected chi connectivity index (χ0v) is 11.9. The monoisotopic (exact) mass is 241 g/mol. The lowest BCUT2D eigenvalue weighted by atomic mass is 9.86. The molecule has 1 rings (SSSR count). The van der Waals surface area contributed by atoms with Crippen molar-refractivity contribution in [2.24, 2.45) is 11.8 Å². The van der Waals surface area contributed by atoms with Crippen molar-refractivity contribution in [1.29, 1.82) is 0 Å². The molecule has 1 aliphatic rings. The lowest BCUT2D eigenvalue weighted by Crippen LogP contribution is -2.45. The van der Waals surface area contributed by atoms with Crippen LogP contribution in [-0.2, 0) is 9.53 Å². The van der Waals surface area contributed by atoms with Crippen LogP contribution in [0.5, 0.6) is 0 Å². The van der Waals surface area contributed by atoms with E-state index in [0.29, 0.717) is 0 Å². The summed E-state index contributed by atoms with van der Waals surface area (Å²) in [5.74, 6) is 1.66. The molecular formula is C14H27NO2. The predicted molar refractivity (Wildman–Crippen MR) is 69.8 cm³/mol. The van der Waals surface area contributed by atoms with Crippen LogP contribution >= 0.6 is 0 Å². The highest BCUT2D eigenvalue weighted by molar-refractivity contribution is 5.80. The molecule has 0 bridgehead atoms. The van der Waals surface area contributed by atoms with E-state index in [1.165, 1.54) is 0 Å². The summed E-state index contributed by atoms with van der Waals surface area (Å²) in [7, 11) is 0. The first-order valence-electron chi connectivity index (χ1n) is 6.86. The normalized spacial score (nSPS) is 20.1. The molecule has 3 nitrogen and oxygen atoms in total. The van der Waals surface area contributed by atoms with Gasteiger partial charge in [0, 0.05) is 13.1 Å². The maximum absolute atomic E-state index is 12.1. The van der Waals surface area contributed by atoms with Gasteiger partial charge in [-0.25, -0.2) is 0 Å². The number of hydrogen-bond donors (Lipinski definition) is 0. The van der Waals surface area contributed by atoms with Crippen LogP contribution in [0.1, 0.15) is 47.5 Å². The molecular weight excluding hydrogens is 214 g/mol. The lowest BCUT2D eigenvalue weighted by Gasteiger charge is -2.35. The van der Waals surface area contributed by atoms with Crippen molar-refractivity contribution in [2.45, 2.75) is 59.7 Å². The maximum atomic E-state index is 12.1. The van der Waals surface area contributed by atoms with Crippen LogP contribution in [0.25, 0.3) is 0 Å². The SMILES string of the molecule is CC(C)OC(C)C(=O)N1CCC(C(C)C)CC1. The van der Waals surface area contributed by atoms with Gasteiger partial charge < -0.3 is 9.64 Å². The molecule has 1 unspecified atom stereocenters. The number of hydrogen-bond acceptors (Lipinski definition) is 2. The molecule has 0 radical (unpaired) electrons. The number of carbonyl (C=O) groups is 1. The fourth-order valence-corrected chi connectivity index (χ4v) is 2.51. The first-order chi connectivity index (χ1) is 7.91. The van der Waals surface area contributed by atoms with Gasteiger partial charge in [0.15, 0.2) is 0 Å². The lowest BCUT2D eigenvalue weighted by molar-refractivity contribution is -0.146. The number of carbonyl (C=O) groups excluding carboxylic acids is 1. The summed E-state index contributed by atoms with van der Waals surface area (Å²) in [6, 6.07) is 0. The molecule has 1 fully saturated rings. The van der Waals surface area contributed by atoms with E-state index in [4.69, 9.17) is 4.74 Å². The maximum Gasteiger partial charge on any atom is 0.251 e. The topological polar surface area (TPSA) is 29.5 Å². The fraction of sp³-hybridized carbons (Fsp3) is 0.929. The summed E-state index contributed by atoms with van der Waals surface area (Å²) in [6.07, 6.45) is 2.09. The highest BCUT2D eigenvalue weighted by atomic mass is 16.5. The summed E-state index contributed by atoms with van der Waals surface area (Å²) < 4.78 is 5.55. The highest BCUT2D eigenvalue weighted by Gasteiger charge is 2.27. The Kier molecular flexibility index (Phi) is 5.44. The van der Waals surface area contributed by atoms with Crippen LogP contribution in [0.3, 0.4) is 0 Å². The molecule has 0 aromatic heterocycles. The average Bonchev–Trinajstić information content (AvgIpc) is 2.27. The van der Waals surface area contributed by atoms with Gasteiger partial charge >= 0.3 is 0 Å². The van der Waals surface area contributed by atoms with Crippen molar-refractivity contribution in [2.75, 3.05) is 13.1 Å². The zero-order valence-electron chi connectivity index (χ0n) is 11.9. The highest BCUT2D eigenvalue weighted by Crippen LogP contribution is 2.24. The number of likely N-dealkylation sites (tertiary alicyclic amines) is 1. The number of rotatable bonds is 4. The minimum atomic E-state index is -0.300. The van der Waals surface area contributed by atoms with Crippen molar-refractivity contribution >= 4 is 5.91 Å². The van der Waals surface area contributed by atoms with E-state index in [9.17, 15) is 4.79 Å². The Morgan fingerprint density at radius 3 is 2.06 bits per heavy atom. The van der Waals surface area contributed by atoms with Gasteiger partial charge in [-0.15, -0.1) is 0 Å². The Morgan fingerprint density at radius 1 is 1.12 bits per heavy atom. The van der Waals surface area contributed by atoms with Gasteiger partial charge in [-0.2, -0.15) is 0 Å². The van der Waals surface area contributed by atoms with Gasteiger partial charge in [0.05, 0.1) is 6.10 Å². The Hall–Kier alpha value is -0.570. The van der Waals surface area contributed by atoms with E-state index < -0.39 is 0 Å². The third-order valence-corrected chi connectivity index (χ3v) is 3.62. The van der Waals surface area contributed by atoms with Gasteiger partial charge in [-0.1, -0.05) is 13.8 Å². The zero-order chi connectivity index (χ0) is 13.0. The minimum absolute atomic E-state index is 0.113. The molecule has 0 aromatic rings. The average molecular weight is 241 g/mol. The number of piperidine rings is 1. The molecule has 0 N–H and O–H groups in total. The molecule has 0 saturated carbocycles. The molecule has 3 heteroatoms. The Labute approximate surface area is 106 Å². The van der Waals surface area contributed by atoms with E-state index in [2.05, 4.69) is 13.8 Å². The van der Waals surface area contributed by atoms with E-state index in [0.717, 1.165) is 37.8 Å². The molecule has 0 aromatic carbocycles.